The van der Waals surface area contributed by atoms with E-state index >= 15 is 0 Å². The van der Waals surface area contributed by atoms with E-state index in [2.05, 4.69) is 5.32 Å². The summed E-state index contributed by atoms with van der Waals surface area (Å²) in [5.41, 5.74) is 1.63. The topological polar surface area (TPSA) is 58.6 Å². The highest BCUT2D eigenvalue weighted by atomic mass is 32.2. The van der Waals surface area contributed by atoms with Crippen LogP contribution in [-0.4, -0.2) is 42.2 Å². The highest BCUT2D eigenvalue weighted by molar-refractivity contribution is 8.00. The second kappa shape index (κ2) is 8.69. The maximum absolute atomic E-state index is 13.0. The van der Waals surface area contributed by atoms with E-state index in [-0.39, 0.29) is 17.9 Å². The van der Waals surface area contributed by atoms with E-state index in [1.165, 1.54) is 11.8 Å². The molecule has 28 heavy (non-hydrogen) atoms. The third-order valence-electron chi connectivity index (χ3n) is 5.21. The number of likely N-dealkylation sites (tertiary alicyclic amines) is 1. The molecule has 0 saturated carbocycles. The first-order valence-electron chi connectivity index (χ1n) is 9.74. The van der Waals surface area contributed by atoms with Gasteiger partial charge in [0.05, 0.1) is 24.0 Å². The molecule has 0 aromatic heterocycles. The summed E-state index contributed by atoms with van der Waals surface area (Å²) in [6.45, 7) is 2.29. The highest BCUT2D eigenvalue weighted by Crippen LogP contribution is 2.32. The summed E-state index contributed by atoms with van der Waals surface area (Å²) >= 11 is 1.44. The monoisotopic (exact) mass is 396 g/mol. The van der Waals surface area contributed by atoms with Crippen molar-refractivity contribution < 1.29 is 14.3 Å². The van der Waals surface area contributed by atoms with E-state index in [0.29, 0.717) is 17.9 Å². The molecule has 2 aromatic rings. The van der Waals surface area contributed by atoms with E-state index in [1.54, 1.807) is 0 Å². The molecule has 2 heterocycles. The summed E-state index contributed by atoms with van der Waals surface area (Å²) in [6, 6.07) is 15.3. The van der Waals surface area contributed by atoms with Crippen molar-refractivity contribution >= 4 is 23.6 Å². The van der Waals surface area contributed by atoms with E-state index < -0.39 is 0 Å². The fraction of sp³-hybridized carbons (Fsp3) is 0.364. The molecule has 0 bridgehead atoms. The molecule has 2 aromatic carbocycles. The van der Waals surface area contributed by atoms with Crippen LogP contribution in [0.1, 0.15) is 41.2 Å². The van der Waals surface area contributed by atoms with Gasteiger partial charge in [-0.1, -0.05) is 30.3 Å². The summed E-state index contributed by atoms with van der Waals surface area (Å²) in [5.74, 6) is 1.23. The first-order valence-corrected chi connectivity index (χ1v) is 10.7. The standard InChI is InChI=1S/C22H24N2O3S/c25-21(24-12-5-6-13-24)15-28-20-10-4-2-8-17(20)22(26)23-18-11-14-27-19-9-3-1-7-16(18)19/h1-4,7-10,18H,5-6,11-15H2,(H,23,26)/t18-/m0/s1. The minimum atomic E-state index is -0.113. The van der Waals surface area contributed by atoms with Gasteiger partial charge in [-0.15, -0.1) is 11.8 Å². The quantitative estimate of drug-likeness (QED) is 0.784. The average molecular weight is 397 g/mol. The maximum atomic E-state index is 13.0. The van der Waals surface area contributed by atoms with Crippen molar-refractivity contribution in [2.75, 3.05) is 25.4 Å². The fourth-order valence-electron chi connectivity index (χ4n) is 3.71. The molecule has 2 aliphatic rings. The van der Waals surface area contributed by atoms with Crippen LogP contribution in [0.3, 0.4) is 0 Å². The number of carbonyl (C=O) groups excluding carboxylic acids is 2. The smallest absolute Gasteiger partial charge is 0.252 e. The predicted octanol–water partition coefficient (Wildman–Crippen LogP) is 3.65. The lowest BCUT2D eigenvalue weighted by Crippen LogP contribution is -2.32. The normalized spacial score (nSPS) is 18.3. The van der Waals surface area contributed by atoms with Crippen molar-refractivity contribution in [2.24, 2.45) is 0 Å². The van der Waals surface area contributed by atoms with Crippen LogP contribution in [0.4, 0.5) is 0 Å². The molecule has 5 nitrogen and oxygen atoms in total. The lowest BCUT2D eigenvalue weighted by molar-refractivity contribution is -0.127. The van der Waals surface area contributed by atoms with Crippen LogP contribution < -0.4 is 10.1 Å². The minimum absolute atomic E-state index is 0.0678. The number of hydrogen-bond acceptors (Lipinski definition) is 4. The zero-order valence-corrected chi connectivity index (χ0v) is 16.5. The molecular weight excluding hydrogens is 372 g/mol. The zero-order chi connectivity index (χ0) is 19.3. The molecule has 1 saturated heterocycles. The number of nitrogens with one attached hydrogen (secondary N) is 1. The van der Waals surface area contributed by atoms with Gasteiger partial charge in [0.1, 0.15) is 5.75 Å². The van der Waals surface area contributed by atoms with Gasteiger partial charge in [0.15, 0.2) is 0 Å². The van der Waals surface area contributed by atoms with Crippen molar-refractivity contribution in [2.45, 2.75) is 30.2 Å². The summed E-state index contributed by atoms with van der Waals surface area (Å²) in [4.78, 5) is 28.1. The number of nitrogens with zero attached hydrogens (tertiary/aromatic N) is 1. The van der Waals surface area contributed by atoms with E-state index in [4.69, 9.17) is 4.74 Å². The van der Waals surface area contributed by atoms with Crippen LogP contribution >= 0.6 is 11.8 Å². The number of ether oxygens (including phenoxy) is 1. The van der Waals surface area contributed by atoms with E-state index in [1.807, 2.05) is 53.4 Å². The Labute approximate surface area is 169 Å². The van der Waals surface area contributed by atoms with E-state index in [9.17, 15) is 9.59 Å². The number of benzene rings is 2. The second-order valence-electron chi connectivity index (χ2n) is 7.07. The largest absolute Gasteiger partial charge is 0.493 e. The second-order valence-corrected chi connectivity index (χ2v) is 8.09. The highest BCUT2D eigenvalue weighted by Gasteiger charge is 2.24. The molecule has 0 spiro atoms. The van der Waals surface area contributed by atoms with Gasteiger partial charge in [0, 0.05) is 30.0 Å². The summed E-state index contributed by atoms with van der Waals surface area (Å²) in [7, 11) is 0. The van der Waals surface area contributed by atoms with Gasteiger partial charge in [0.2, 0.25) is 5.91 Å². The number of carbonyl (C=O) groups is 2. The Morgan fingerprint density at radius 2 is 1.82 bits per heavy atom. The van der Waals surface area contributed by atoms with Crippen LogP contribution in [0.15, 0.2) is 53.4 Å². The lowest BCUT2D eigenvalue weighted by Gasteiger charge is -2.27. The Kier molecular flexibility index (Phi) is 5.86. The van der Waals surface area contributed by atoms with E-state index in [0.717, 1.165) is 48.6 Å². The molecular formula is C22H24N2O3S. The maximum Gasteiger partial charge on any atom is 0.252 e. The molecule has 1 N–H and O–H groups in total. The Balaban J connectivity index is 1.44. The lowest BCUT2D eigenvalue weighted by atomic mass is 10.00. The van der Waals surface area contributed by atoms with Crippen molar-refractivity contribution in [3.05, 3.63) is 59.7 Å². The Morgan fingerprint density at radius 3 is 2.68 bits per heavy atom. The summed E-state index contributed by atoms with van der Waals surface area (Å²) < 4.78 is 5.68. The molecule has 6 heteroatoms. The number of thioether (sulfide) groups is 1. The summed E-state index contributed by atoms with van der Waals surface area (Å²) in [6.07, 6.45) is 2.91. The SMILES string of the molecule is O=C(N[C@H]1CCOc2ccccc21)c1ccccc1SCC(=O)N1CCCC1. The molecule has 2 aliphatic heterocycles. The molecule has 0 aliphatic carbocycles. The van der Waals surface area contributed by atoms with Crippen molar-refractivity contribution in [3.8, 4) is 5.75 Å². The van der Waals surface area contributed by atoms with Crippen molar-refractivity contribution in [1.82, 2.24) is 10.2 Å². The first kappa shape index (κ1) is 18.9. The molecule has 0 radical (unpaired) electrons. The van der Waals surface area contributed by atoms with Gasteiger partial charge >= 0.3 is 0 Å². The van der Waals surface area contributed by atoms with Crippen LogP contribution in [0.2, 0.25) is 0 Å². The number of fused-ring (bicyclic) bond motifs is 1. The number of para-hydroxylation sites is 1. The number of rotatable bonds is 5. The van der Waals surface area contributed by atoms with Gasteiger partial charge in [-0.25, -0.2) is 0 Å². The van der Waals surface area contributed by atoms with Gasteiger partial charge < -0.3 is 15.0 Å². The Hall–Kier alpha value is -2.47. The fourth-order valence-corrected chi connectivity index (χ4v) is 4.66. The first-order chi connectivity index (χ1) is 13.7. The number of amides is 2. The van der Waals surface area contributed by atoms with Crippen LogP contribution in [0.25, 0.3) is 0 Å². The van der Waals surface area contributed by atoms with Gasteiger partial charge in [-0.3, -0.25) is 9.59 Å². The molecule has 2 amide bonds. The Morgan fingerprint density at radius 1 is 1.07 bits per heavy atom. The average Bonchev–Trinajstić information content (AvgIpc) is 3.27. The third-order valence-corrected chi connectivity index (χ3v) is 6.26. The van der Waals surface area contributed by atoms with Crippen LogP contribution in [0, 0.1) is 0 Å². The van der Waals surface area contributed by atoms with Gasteiger partial charge in [-0.2, -0.15) is 0 Å². The van der Waals surface area contributed by atoms with Crippen molar-refractivity contribution in [3.63, 3.8) is 0 Å². The molecule has 1 atom stereocenters. The summed E-state index contributed by atoms with van der Waals surface area (Å²) in [5, 5.41) is 3.15. The van der Waals surface area contributed by atoms with Crippen molar-refractivity contribution in [1.29, 1.82) is 0 Å². The van der Waals surface area contributed by atoms with Crippen LogP contribution in [0.5, 0.6) is 5.75 Å². The minimum Gasteiger partial charge on any atom is -0.493 e. The Bertz CT molecular complexity index is 864. The molecule has 0 unspecified atom stereocenters. The molecule has 146 valence electrons. The third kappa shape index (κ3) is 4.17. The van der Waals surface area contributed by atoms with Gasteiger partial charge in [-0.05, 0) is 31.0 Å². The van der Waals surface area contributed by atoms with Crippen LogP contribution in [-0.2, 0) is 4.79 Å². The number of hydrogen-bond donors (Lipinski definition) is 1. The molecule has 4 rings (SSSR count). The predicted molar refractivity (Wildman–Crippen MR) is 110 cm³/mol. The van der Waals surface area contributed by atoms with Gasteiger partial charge in [0.25, 0.3) is 5.91 Å². The molecule has 1 fully saturated rings. The zero-order valence-electron chi connectivity index (χ0n) is 15.7.